The Bertz CT molecular complexity index is 874. The molecule has 0 saturated heterocycles. The van der Waals surface area contributed by atoms with Crippen molar-refractivity contribution in [2.24, 2.45) is 0 Å². The third-order valence-electron chi connectivity index (χ3n) is 4.83. The second kappa shape index (κ2) is 5.08. The van der Waals surface area contributed by atoms with E-state index in [9.17, 15) is 18.0 Å². The van der Waals surface area contributed by atoms with Gasteiger partial charge in [-0.3, -0.25) is 4.79 Å². The highest BCUT2D eigenvalue weighted by Crippen LogP contribution is 2.64. The molecule has 2 aromatic rings. The van der Waals surface area contributed by atoms with Crippen molar-refractivity contribution in [1.29, 1.82) is 0 Å². The predicted molar refractivity (Wildman–Crippen MR) is 82.7 cm³/mol. The molecule has 2 aromatic heterocycles. The van der Waals surface area contributed by atoms with E-state index < -0.39 is 12.1 Å². The summed E-state index contributed by atoms with van der Waals surface area (Å²) in [7, 11) is 0. The molecule has 0 aromatic carbocycles. The Labute approximate surface area is 145 Å². The van der Waals surface area contributed by atoms with Gasteiger partial charge in [0.15, 0.2) is 11.6 Å². The molecule has 0 radical (unpaired) electrons. The van der Waals surface area contributed by atoms with E-state index in [1.165, 1.54) is 13.1 Å². The number of nitrogens with two attached hydrogens (primary N) is 1. The maximum atomic E-state index is 12.4. The maximum Gasteiger partial charge on any atom is 0.573 e. The van der Waals surface area contributed by atoms with E-state index in [1.807, 2.05) is 0 Å². The quantitative estimate of drug-likeness (QED) is 0.849. The van der Waals surface area contributed by atoms with Gasteiger partial charge < -0.3 is 15.8 Å². The molecule has 3 N–H and O–H groups in total. The molecular formula is C15H15F3N6O2. The number of rotatable bonds is 4. The minimum atomic E-state index is -4.87. The molecule has 0 aliphatic heterocycles. The van der Waals surface area contributed by atoms with Crippen molar-refractivity contribution in [3.63, 3.8) is 0 Å². The first-order valence-electron chi connectivity index (χ1n) is 7.83. The lowest BCUT2D eigenvalue weighted by Gasteiger charge is -2.69. The monoisotopic (exact) mass is 368 g/mol. The van der Waals surface area contributed by atoms with Crippen molar-refractivity contribution in [3.05, 3.63) is 18.5 Å². The van der Waals surface area contributed by atoms with Crippen LogP contribution in [0.4, 0.5) is 19.0 Å². The van der Waals surface area contributed by atoms with Crippen LogP contribution >= 0.6 is 0 Å². The summed E-state index contributed by atoms with van der Waals surface area (Å²) < 4.78 is 42.9. The van der Waals surface area contributed by atoms with Crippen molar-refractivity contribution in [2.75, 3.05) is 5.73 Å². The van der Waals surface area contributed by atoms with Crippen LogP contribution in [0.2, 0.25) is 0 Å². The Morgan fingerprint density at radius 3 is 2.69 bits per heavy atom. The highest BCUT2D eigenvalue weighted by molar-refractivity contribution is 5.74. The number of aromatic nitrogens is 4. The molecule has 8 nitrogen and oxygen atoms in total. The first-order valence-corrected chi connectivity index (χ1v) is 7.83. The van der Waals surface area contributed by atoms with Gasteiger partial charge in [0.05, 0.1) is 11.7 Å². The fourth-order valence-electron chi connectivity index (χ4n) is 3.91. The molecule has 0 spiro atoms. The average molecular weight is 368 g/mol. The fraction of sp³-hybridized carbons (Fsp3) is 0.467. The Hall–Kier alpha value is -2.85. The second-order valence-corrected chi connectivity index (χ2v) is 6.92. The zero-order valence-corrected chi connectivity index (χ0v) is 13.7. The molecular weight excluding hydrogens is 353 g/mol. The van der Waals surface area contributed by atoms with Crippen LogP contribution in [0.5, 0.6) is 5.75 Å². The van der Waals surface area contributed by atoms with Crippen molar-refractivity contribution < 1.29 is 22.7 Å². The Balaban J connectivity index is 1.53. The summed E-state index contributed by atoms with van der Waals surface area (Å²) >= 11 is 0. The van der Waals surface area contributed by atoms with E-state index in [1.54, 1.807) is 10.9 Å². The summed E-state index contributed by atoms with van der Waals surface area (Å²) in [5, 5.41) is 11.1. The zero-order valence-electron chi connectivity index (χ0n) is 13.7. The zero-order chi connectivity index (χ0) is 18.7. The highest BCUT2D eigenvalue weighted by Gasteiger charge is 2.70. The molecule has 11 heteroatoms. The maximum absolute atomic E-state index is 12.4. The van der Waals surface area contributed by atoms with Crippen LogP contribution in [0.15, 0.2) is 18.5 Å². The Kier molecular flexibility index (Phi) is 3.25. The lowest BCUT2D eigenvalue weighted by molar-refractivity contribution is -0.274. The highest BCUT2D eigenvalue weighted by atomic mass is 19.4. The number of hydrogen-bond acceptors (Lipinski definition) is 6. The number of nitrogens with zero attached hydrogens (tertiary/aromatic N) is 4. The molecule has 138 valence electrons. The summed E-state index contributed by atoms with van der Waals surface area (Å²) in [5.41, 5.74) is 5.75. The summed E-state index contributed by atoms with van der Waals surface area (Å²) in [6.07, 6.45) is 0.367. The number of carbonyl (C=O) groups excluding carboxylic acids is 1. The van der Waals surface area contributed by atoms with Crippen molar-refractivity contribution in [2.45, 2.75) is 43.6 Å². The van der Waals surface area contributed by atoms with E-state index in [-0.39, 0.29) is 22.8 Å². The van der Waals surface area contributed by atoms with Crippen molar-refractivity contribution >= 4 is 11.7 Å². The van der Waals surface area contributed by atoms with Gasteiger partial charge in [0, 0.05) is 24.2 Å². The number of alkyl halides is 3. The van der Waals surface area contributed by atoms with Crippen LogP contribution in [0.25, 0.3) is 11.3 Å². The molecule has 5 rings (SSSR count). The van der Waals surface area contributed by atoms with E-state index in [2.05, 4.69) is 25.3 Å². The van der Waals surface area contributed by atoms with Gasteiger partial charge >= 0.3 is 6.36 Å². The van der Waals surface area contributed by atoms with E-state index in [0.717, 1.165) is 25.3 Å². The smallest absolute Gasteiger partial charge is 0.402 e. The minimum Gasteiger partial charge on any atom is -0.402 e. The largest absolute Gasteiger partial charge is 0.573 e. The standard InChI is InChI=1S/C15H15F3N6O2/c1-8(25)21-13-5-14(6-13,7-13)24-4-10(22-23-24)9-2-11(12(19)20-3-9)26-15(16,17)18/h2-4H,5-7H2,1H3,(H2,19,20)(H,21,25). The number of pyridine rings is 1. The number of nitrogens with one attached hydrogen (secondary N) is 1. The summed E-state index contributed by atoms with van der Waals surface area (Å²) in [4.78, 5) is 14.9. The van der Waals surface area contributed by atoms with Crippen molar-refractivity contribution in [3.8, 4) is 17.0 Å². The molecule has 0 unspecified atom stereocenters. The Morgan fingerprint density at radius 1 is 1.38 bits per heavy atom. The van der Waals surface area contributed by atoms with E-state index in [4.69, 9.17) is 5.73 Å². The third kappa shape index (κ3) is 2.63. The molecule has 3 fully saturated rings. The number of anilines is 1. The molecule has 2 heterocycles. The summed E-state index contributed by atoms with van der Waals surface area (Å²) in [5.74, 6) is -1.02. The number of ether oxygens (including phenoxy) is 1. The lowest BCUT2D eigenvalue weighted by Crippen LogP contribution is -2.78. The first-order chi connectivity index (χ1) is 12.1. The van der Waals surface area contributed by atoms with Crippen LogP contribution < -0.4 is 15.8 Å². The molecule has 3 aliphatic carbocycles. The molecule has 26 heavy (non-hydrogen) atoms. The minimum absolute atomic E-state index is 0.0669. The van der Waals surface area contributed by atoms with Gasteiger partial charge in [-0.1, -0.05) is 5.21 Å². The number of carbonyl (C=O) groups is 1. The van der Waals surface area contributed by atoms with Gasteiger partial charge in [0.25, 0.3) is 0 Å². The van der Waals surface area contributed by atoms with Gasteiger partial charge in [-0.05, 0) is 25.3 Å². The average Bonchev–Trinajstić information content (AvgIpc) is 2.91. The molecule has 3 saturated carbocycles. The SMILES string of the molecule is CC(=O)NC12CC(n3cc(-c4cnc(N)c(OC(F)(F)F)c4)nn3)(C1)C2. The number of amides is 1. The molecule has 3 aliphatic rings. The number of hydrogen-bond donors (Lipinski definition) is 2. The van der Waals surface area contributed by atoms with Gasteiger partial charge in [-0.25, -0.2) is 9.67 Å². The van der Waals surface area contributed by atoms with Gasteiger partial charge in [-0.15, -0.1) is 18.3 Å². The van der Waals surface area contributed by atoms with Crippen LogP contribution in [0.3, 0.4) is 0 Å². The van der Waals surface area contributed by atoms with Crippen LogP contribution in [-0.4, -0.2) is 37.8 Å². The van der Waals surface area contributed by atoms with Gasteiger partial charge in [-0.2, -0.15) is 0 Å². The van der Waals surface area contributed by atoms with Crippen LogP contribution in [-0.2, 0) is 10.3 Å². The van der Waals surface area contributed by atoms with Crippen molar-refractivity contribution in [1.82, 2.24) is 25.3 Å². The summed E-state index contributed by atoms with van der Waals surface area (Å²) in [6, 6.07) is 1.13. The number of nitrogen functional groups attached to an aromatic ring is 1. The number of halogens is 3. The first kappa shape index (κ1) is 16.6. The summed E-state index contributed by atoms with van der Waals surface area (Å²) in [6.45, 7) is 1.48. The third-order valence-corrected chi connectivity index (χ3v) is 4.83. The lowest BCUT2D eigenvalue weighted by atomic mass is 9.44. The van der Waals surface area contributed by atoms with Gasteiger partial charge in [0.1, 0.15) is 5.69 Å². The van der Waals surface area contributed by atoms with Crippen LogP contribution in [0, 0.1) is 0 Å². The fourth-order valence-corrected chi connectivity index (χ4v) is 3.91. The van der Waals surface area contributed by atoms with Crippen LogP contribution in [0.1, 0.15) is 26.2 Å². The molecule has 2 bridgehead atoms. The topological polar surface area (TPSA) is 108 Å². The van der Waals surface area contributed by atoms with Gasteiger partial charge in [0.2, 0.25) is 5.91 Å². The Morgan fingerprint density at radius 2 is 2.08 bits per heavy atom. The van der Waals surface area contributed by atoms with E-state index >= 15 is 0 Å². The molecule has 0 atom stereocenters. The second-order valence-electron chi connectivity index (χ2n) is 6.92. The normalized spacial score (nSPS) is 26.6. The predicted octanol–water partition coefficient (Wildman–Crippen LogP) is 1.59. The molecule has 1 amide bonds. The van der Waals surface area contributed by atoms with E-state index in [0.29, 0.717) is 11.3 Å².